The maximum absolute atomic E-state index is 12.8. The lowest BCUT2D eigenvalue weighted by Gasteiger charge is -2.22. The largest absolute Gasteiger partial charge is 0.474 e. The van der Waals surface area contributed by atoms with E-state index in [1.807, 2.05) is 30.5 Å². The molecule has 1 amide bonds. The van der Waals surface area contributed by atoms with Gasteiger partial charge in [0.2, 0.25) is 5.88 Å². The fourth-order valence-electron chi connectivity index (χ4n) is 4.50. The Morgan fingerprint density at radius 1 is 1.09 bits per heavy atom. The number of aromatic amines is 1. The number of aryl methyl sites for hydroxylation is 1. The van der Waals surface area contributed by atoms with Crippen molar-refractivity contribution >= 4 is 39.8 Å². The van der Waals surface area contributed by atoms with Gasteiger partial charge in [0.05, 0.1) is 17.3 Å². The maximum atomic E-state index is 12.8. The quantitative estimate of drug-likeness (QED) is 0.412. The van der Waals surface area contributed by atoms with Crippen LogP contribution in [0.5, 0.6) is 5.88 Å². The number of hydrogen-bond donors (Lipinski definition) is 3. The van der Waals surface area contributed by atoms with Gasteiger partial charge in [0.1, 0.15) is 12.3 Å². The van der Waals surface area contributed by atoms with Crippen LogP contribution in [0, 0.1) is 13.8 Å². The zero-order valence-corrected chi connectivity index (χ0v) is 17.7. The highest BCUT2D eigenvalue weighted by atomic mass is 16.5. The standard InChI is InChI=1S/C25H21N5O2/c1-13-7-21-18(10-17(13)20-11-28-25-23(14(20)2)27-5-6-32-25)19(24(31)30-21)9-16-8-15-3-4-26-12-22(15)29-16/h3-4,7-12,27,29H,5-6H2,1-2H3,(H,30,31). The molecule has 0 spiro atoms. The smallest absolute Gasteiger partial charge is 0.256 e. The summed E-state index contributed by atoms with van der Waals surface area (Å²) in [6, 6.07) is 8.08. The molecule has 2 aliphatic rings. The van der Waals surface area contributed by atoms with Crippen molar-refractivity contribution in [3.05, 3.63) is 65.2 Å². The third-order valence-corrected chi connectivity index (χ3v) is 6.13. The van der Waals surface area contributed by atoms with Crippen LogP contribution >= 0.6 is 0 Å². The number of anilines is 2. The van der Waals surface area contributed by atoms with Crippen LogP contribution in [0.1, 0.15) is 22.4 Å². The number of carbonyl (C=O) groups is 1. The van der Waals surface area contributed by atoms with Gasteiger partial charge < -0.3 is 20.4 Å². The molecule has 3 aromatic heterocycles. The normalized spacial score (nSPS) is 15.8. The summed E-state index contributed by atoms with van der Waals surface area (Å²) in [5, 5.41) is 7.46. The second-order valence-electron chi connectivity index (χ2n) is 8.16. The Kier molecular flexibility index (Phi) is 4.04. The van der Waals surface area contributed by atoms with E-state index in [9.17, 15) is 4.79 Å². The molecule has 0 aliphatic carbocycles. The molecule has 32 heavy (non-hydrogen) atoms. The summed E-state index contributed by atoms with van der Waals surface area (Å²) in [5.74, 6) is 0.533. The summed E-state index contributed by atoms with van der Waals surface area (Å²) in [6.07, 6.45) is 7.29. The van der Waals surface area contributed by atoms with Gasteiger partial charge in [-0.05, 0) is 60.9 Å². The van der Waals surface area contributed by atoms with Crippen LogP contribution in [0.4, 0.5) is 11.4 Å². The molecule has 0 radical (unpaired) electrons. The molecule has 0 saturated carbocycles. The van der Waals surface area contributed by atoms with E-state index in [1.54, 1.807) is 12.4 Å². The number of H-pyrrole nitrogens is 1. The van der Waals surface area contributed by atoms with Crippen LogP contribution in [0.3, 0.4) is 0 Å². The fourth-order valence-corrected chi connectivity index (χ4v) is 4.50. The van der Waals surface area contributed by atoms with Crippen LogP contribution in [-0.2, 0) is 4.79 Å². The number of aromatic nitrogens is 3. The van der Waals surface area contributed by atoms with Crippen molar-refractivity contribution in [1.82, 2.24) is 15.0 Å². The highest BCUT2D eigenvalue weighted by molar-refractivity contribution is 6.35. The minimum absolute atomic E-state index is 0.108. The fraction of sp³-hybridized carbons (Fsp3) is 0.160. The second kappa shape index (κ2) is 6.95. The molecule has 3 N–H and O–H groups in total. The summed E-state index contributed by atoms with van der Waals surface area (Å²) >= 11 is 0. The number of amides is 1. The Hall–Kier alpha value is -4.13. The Bertz CT molecular complexity index is 1420. The summed E-state index contributed by atoms with van der Waals surface area (Å²) in [6.45, 7) is 5.50. The molecule has 0 fully saturated rings. The van der Waals surface area contributed by atoms with Crippen LogP contribution < -0.4 is 15.4 Å². The lowest BCUT2D eigenvalue weighted by molar-refractivity contribution is -0.110. The zero-order chi connectivity index (χ0) is 21.8. The molecule has 0 unspecified atom stereocenters. The molecule has 0 bridgehead atoms. The molecule has 7 nitrogen and oxygen atoms in total. The molecule has 2 aliphatic heterocycles. The van der Waals surface area contributed by atoms with Gasteiger partial charge in [-0.2, -0.15) is 0 Å². The predicted octanol–water partition coefficient (Wildman–Crippen LogP) is 4.54. The van der Waals surface area contributed by atoms with E-state index in [0.29, 0.717) is 18.1 Å². The number of fused-ring (bicyclic) bond motifs is 3. The molecule has 0 atom stereocenters. The van der Waals surface area contributed by atoms with E-state index in [-0.39, 0.29) is 5.91 Å². The first-order valence-electron chi connectivity index (χ1n) is 10.6. The summed E-state index contributed by atoms with van der Waals surface area (Å²) < 4.78 is 5.68. The summed E-state index contributed by atoms with van der Waals surface area (Å²) in [5.41, 5.74) is 9.31. The van der Waals surface area contributed by atoms with Crippen molar-refractivity contribution in [2.24, 2.45) is 0 Å². The minimum atomic E-state index is -0.108. The first-order valence-corrected chi connectivity index (χ1v) is 10.6. The van der Waals surface area contributed by atoms with E-state index in [1.165, 1.54) is 0 Å². The molecule has 7 heteroatoms. The molecule has 158 valence electrons. The van der Waals surface area contributed by atoms with Gasteiger partial charge in [-0.15, -0.1) is 0 Å². The van der Waals surface area contributed by atoms with Crippen LogP contribution in [0.25, 0.3) is 33.7 Å². The van der Waals surface area contributed by atoms with Gasteiger partial charge in [-0.3, -0.25) is 9.78 Å². The first kappa shape index (κ1) is 18.6. The van der Waals surface area contributed by atoms with Gasteiger partial charge in [0.15, 0.2) is 0 Å². The SMILES string of the molecule is Cc1cc2c(cc1-c1cnc3c(c1C)NCCO3)C(=Cc1cc3ccncc3[nH]1)C(=O)N2. The summed E-state index contributed by atoms with van der Waals surface area (Å²) in [4.78, 5) is 24.8. The van der Waals surface area contributed by atoms with Crippen molar-refractivity contribution in [3.8, 4) is 17.0 Å². The number of hydrogen-bond acceptors (Lipinski definition) is 5. The van der Waals surface area contributed by atoms with E-state index in [4.69, 9.17) is 4.74 Å². The van der Waals surface area contributed by atoms with E-state index in [2.05, 4.69) is 45.5 Å². The highest BCUT2D eigenvalue weighted by Crippen LogP contribution is 2.41. The number of rotatable bonds is 2. The molecular weight excluding hydrogens is 402 g/mol. The van der Waals surface area contributed by atoms with Crippen molar-refractivity contribution in [2.75, 3.05) is 23.8 Å². The lowest BCUT2D eigenvalue weighted by Crippen LogP contribution is -2.20. The van der Waals surface area contributed by atoms with E-state index < -0.39 is 0 Å². The zero-order valence-electron chi connectivity index (χ0n) is 17.7. The number of nitrogens with zero attached hydrogens (tertiary/aromatic N) is 2. The first-order chi connectivity index (χ1) is 15.6. The van der Waals surface area contributed by atoms with E-state index >= 15 is 0 Å². The van der Waals surface area contributed by atoms with Crippen molar-refractivity contribution in [3.63, 3.8) is 0 Å². The Labute approximate surface area is 184 Å². The van der Waals surface area contributed by atoms with Gasteiger partial charge in [0, 0.05) is 46.8 Å². The van der Waals surface area contributed by atoms with Gasteiger partial charge in [0.25, 0.3) is 5.91 Å². The molecule has 0 saturated heterocycles. The number of pyridine rings is 2. The lowest BCUT2D eigenvalue weighted by atomic mass is 9.93. The predicted molar refractivity (Wildman–Crippen MR) is 126 cm³/mol. The number of carbonyl (C=O) groups excluding carboxylic acids is 1. The van der Waals surface area contributed by atoms with Crippen LogP contribution in [0.15, 0.2) is 42.9 Å². The Morgan fingerprint density at radius 2 is 2.00 bits per heavy atom. The highest BCUT2D eigenvalue weighted by Gasteiger charge is 2.27. The monoisotopic (exact) mass is 423 g/mol. The second-order valence-corrected chi connectivity index (χ2v) is 8.16. The molecule has 4 aromatic rings. The molecule has 1 aromatic carbocycles. The van der Waals surface area contributed by atoms with Crippen molar-refractivity contribution < 1.29 is 9.53 Å². The molecule has 5 heterocycles. The average Bonchev–Trinajstić information content (AvgIpc) is 3.34. The van der Waals surface area contributed by atoms with Crippen LogP contribution in [0.2, 0.25) is 0 Å². The molecule has 6 rings (SSSR count). The van der Waals surface area contributed by atoms with Gasteiger partial charge >= 0.3 is 0 Å². The average molecular weight is 423 g/mol. The summed E-state index contributed by atoms with van der Waals surface area (Å²) in [7, 11) is 0. The van der Waals surface area contributed by atoms with Crippen LogP contribution in [-0.4, -0.2) is 34.0 Å². The van der Waals surface area contributed by atoms with Crippen molar-refractivity contribution in [2.45, 2.75) is 13.8 Å². The van der Waals surface area contributed by atoms with E-state index in [0.717, 1.165) is 62.3 Å². The third kappa shape index (κ3) is 2.85. The Morgan fingerprint density at radius 3 is 2.88 bits per heavy atom. The van der Waals surface area contributed by atoms with Crippen molar-refractivity contribution in [1.29, 1.82) is 0 Å². The maximum Gasteiger partial charge on any atom is 0.256 e. The molecular formula is C25H21N5O2. The third-order valence-electron chi connectivity index (χ3n) is 6.13. The van der Waals surface area contributed by atoms with Gasteiger partial charge in [-0.25, -0.2) is 4.98 Å². The minimum Gasteiger partial charge on any atom is -0.474 e. The van der Waals surface area contributed by atoms with Gasteiger partial charge in [-0.1, -0.05) is 0 Å². The number of nitrogens with one attached hydrogen (secondary N) is 3. The Balaban J connectivity index is 1.48. The topological polar surface area (TPSA) is 91.9 Å². The number of benzene rings is 1. The number of ether oxygens (including phenoxy) is 1.